The average Bonchev–Trinajstić information content (AvgIpc) is 3.33. The van der Waals surface area contributed by atoms with Crippen LogP contribution >= 0.6 is 0 Å². The molecule has 4 rings (SSSR count). The van der Waals surface area contributed by atoms with E-state index in [2.05, 4.69) is 27.4 Å². The zero-order chi connectivity index (χ0) is 20.1. The Morgan fingerprint density at radius 1 is 1.07 bits per heavy atom. The van der Waals surface area contributed by atoms with Gasteiger partial charge in [-0.05, 0) is 42.0 Å². The van der Waals surface area contributed by atoms with Crippen LogP contribution in [-0.4, -0.2) is 46.3 Å². The number of nitrogens with one attached hydrogen (secondary N) is 2. The van der Waals surface area contributed by atoms with Crippen molar-refractivity contribution in [1.29, 1.82) is 0 Å². The molecule has 0 saturated carbocycles. The zero-order valence-electron chi connectivity index (χ0n) is 16.2. The minimum Gasteiger partial charge on any atom is -0.352 e. The highest BCUT2D eigenvalue weighted by Crippen LogP contribution is 2.20. The van der Waals surface area contributed by atoms with Crippen molar-refractivity contribution in [3.63, 3.8) is 0 Å². The molecule has 29 heavy (non-hydrogen) atoms. The van der Waals surface area contributed by atoms with E-state index in [0.29, 0.717) is 24.3 Å². The van der Waals surface area contributed by atoms with Crippen LogP contribution in [0.1, 0.15) is 33.7 Å². The van der Waals surface area contributed by atoms with Crippen molar-refractivity contribution in [1.82, 2.24) is 20.2 Å². The molecule has 0 radical (unpaired) electrons. The summed E-state index contributed by atoms with van der Waals surface area (Å²) in [6.45, 7) is 1.94. The molecule has 1 aliphatic heterocycles. The molecule has 6 nitrogen and oxygen atoms in total. The fraction of sp³-hybridized carbons (Fsp3) is 0.261. The minimum atomic E-state index is -0.0818. The second-order valence-corrected chi connectivity index (χ2v) is 7.38. The lowest BCUT2D eigenvalue weighted by atomic mass is 9.97. The fourth-order valence-corrected chi connectivity index (χ4v) is 3.74. The maximum atomic E-state index is 12.5. The van der Waals surface area contributed by atoms with E-state index < -0.39 is 0 Å². The molecule has 6 heteroatoms. The molecule has 1 aliphatic rings. The van der Waals surface area contributed by atoms with Crippen molar-refractivity contribution in [2.75, 3.05) is 19.6 Å². The third-order valence-corrected chi connectivity index (χ3v) is 5.34. The minimum absolute atomic E-state index is 0.0324. The van der Waals surface area contributed by atoms with E-state index in [1.165, 1.54) is 6.33 Å². The molecule has 0 spiro atoms. The number of likely N-dealkylation sites (tertiary alicyclic amines) is 1. The number of carbonyl (C=O) groups excluding carboxylic acids is 2. The summed E-state index contributed by atoms with van der Waals surface area (Å²) >= 11 is 0. The average molecular weight is 388 g/mol. The molecule has 1 atom stereocenters. The summed E-state index contributed by atoms with van der Waals surface area (Å²) in [6.07, 6.45) is 5.00. The van der Waals surface area contributed by atoms with Gasteiger partial charge in [-0.1, -0.05) is 42.5 Å². The van der Waals surface area contributed by atoms with Crippen LogP contribution in [0.15, 0.2) is 67.1 Å². The number of nitrogens with zero attached hydrogens (tertiary/aromatic N) is 2. The van der Waals surface area contributed by atoms with Gasteiger partial charge in [0.15, 0.2) is 0 Å². The largest absolute Gasteiger partial charge is 0.352 e. The Bertz CT molecular complexity index is 952. The molecule has 0 unspecified atom stereocenters. The summed E-state index contributed by atoms with van der Waals surface area (Å²) in [7, 11) is 0. The molecule has 0 aliphatic carbocycles. The SMILES string of the molecule is O=C(NC[C@@H]1CCCN(C(=O)c2cnc[nH]2)C1)c1ccc(-c2ccccc2)cc1. The van der Waals surface area contributed by atoms with E-state index in [0.717, 1.165) is 30.5 Å². The first-order valence-electron chi connectivity index (χ1n) is 9.92. The van der Waals surface area contributed by atoms with Gasteiger partial charge in [-0.2, -0.15) is 0 Å². The number of aromatic amines is 1. The summed E-state index contributed by atoms with van der Waals surface area (Å²) in [6, 6.07) is 17.7. The number of carbonyl (C=O) groups is 2. The monoisotopic (exact) mass is 388 g/mol. The van der Waals surface area contributed by atoms with Gasteiger partial charge >= 0.3 is 0 Å². The van der Waals surface area contributed by atoms with Crippen LogP contribution in [0.4, 0.5) is 0 Å². The van der Waals surface area contributed by atoms with Crippen LogP contribution in [0.25, 0.3) is 11.1 Å². The van der Waals surface area contributed by atoms with E-state index in [9.17, 15) is 9.59 Å². The number of rotatable bonds is 5. The van der Waals surface area contributed by atoms with Crippen molar-refractivity contribution in [2.45, 2.75) is 12.8 Å². The van der Waals surface area contributed by atoms with Crippen molar-refractivity contribution in [3.8, 4) is 11.1 Å². The molecular weight excluding hydrogens is 364 g/mol. The van der Waals surface area contributed by atoms with E-state index in [4.69, 9.17) is 0 Å². The molecule has 1 fully saturated rings. The van der Waals surface area contributed by atoms with Crippen LogP contribution < -0.4 is 5.32 Å². The lowest BCUT2D eigenvalue weighted by Crippen LogP contribution is -2.43. The molecule has 3 aromatic rings. The standard InChI is InChI=1S/C23H24N4O2/c28-22(20-10-8-19(9-11-20)18-6-2-1-3-7-18)25-13-17-5-4-12-27(15-17)23(29)21-14-24-16-26-21/h1-3,6-11,14,16-17H,4-5,12-13,15H2,(H,24,26)(H,25,28)/t17-/m0/s1. The number of amides is 2. The second-order valence-electron chi connectivity index (χ2n) is 7.38. The van der Waals surface area contributed by atoms with Gasteiger partial charge in [0, 0.05) is 25.2 Å². The lowest BCUT2D eigenvalue weighted by Gasteiger charge is -2.32. The fourth-order valence-electron chi connectivity index (χ4n) is 3.74. The first kappa shape index (κ1) is 18.9. The van der Waals surface area contributed by atoms with Gasteiger partial charge in [-0.25, -0.2) is 4.98 Å². The number of hydrogen-bond donors (Lipinski definition) is 2. The molecular formula is C23H24N4O2. The Balaban J connectivity index is 1.31. The Labute approximate surface area is 170 Å². The van der Waals surface area contributed by atoms with Gasteiger partial charge in [0.2, 0.25) is 0 Å². The molecule has 148 valence electrons. The van der Waals surface area contributed by atoms with Gasteiger partial charge in [0.05, 0.1) is 12.5 Å². The molecule has 2 heterocycles. The highest BCUT2D eigenvalue weighted by Gasteiger charge is 2.25. The van der Waals surface area contributed by atoms with Gasteiger partial charge < -0.3 is 15.2 Å². The highest BCUT2D eigenvalue weighted by molar-refractivity contribution is 5.94. The Morgan fingerprint density at radius 3 is 2.55 bits per heavy atom. The molecule has 0 bridgehead atoms. The third-order valence-electron chi connectivity index (χ3n) is 5.34. The summed E-state index contributed by atoms with van der Waals surface area (Å²) in [5.41, 5.74) is 3.37. The number of hydrogen-bond acceptors (Lipinski definition) is 3. The summed E-state index contributed by atoms with van der Waals surface area (Å²) in [5.74, 6) is 0.139. The maximum Gasteiger partial charge on any atom is 0.271 e. The van der Waals surface area contributed by atoms with Gasteiger partial charge in [-0.15, -0.1) is 0 Å². The quantitative estimate of drug-likeness (QED) is 0.704. The van der Waals surface area contributed by atoms with E-state index in [1.807, 2.05) is 47.4 Å². The van der Waals surface area contributed by atoms with Gasteiger partial charge in [0.1, 0.15) is 5.69 Å². The van der Waals surface area contributed by atoms with E-state index in [1.54, 1.807) is 6.20 Å². The van der Waals surface area contributed by atoms with Gasteiger partial charge in [0.25, 0.3) is 11.8 Å². The Kier molecular flexibility index (Phi) is 5.70. The maximum absolute atomic E-state index is 12.5. The van der Waals surface area contributed by atoms with Crippen LogP contribution in [0, 0.1) is 5.92 Å². The predicted molar refractivity (Wildman–Crippen MR) is 111 cm³/mol. The first-order valence-corrected chi connectivity index (χ1v) is 9.92. The Morgan fingerprint density at radius 2 is 1.83 bits per heavy atom. The smallest absolute Gasteiger partial charge is 0.271 e. The zero-order valence-corrected chi connectivity index (χ0v) is 16.2. The second kappa shape index (κ2) is 8.73. The number of imidazole rings is 1. The molecule has 2 amide bonds. The summed E-state index contributed by atoms with van der Waals surface area (Å²) in [5, 5.41) is 3.03. The van der Waals surface area contributed by atoms with Gasteiger partial charge in [-0.3, -0.25) is 9.59 Å². The number of H-pyrrole nitrogens is 1. The van der Waals surface area contributed by atoms with Crippen molar-refractivity contribution < 1.29 is 9.59 Å². The number of piperidine rings is 1. The summed E-state index contributed by atoms with van der Waals surface area (Å²) in [4.78, 5) is 33.6. The van der Waals surface area contributed by atoms with Crippen LogP contribution in [0.3, 0.4) is 0 Å². The van der Waals surface area contributed by atoms with E-state index in [-0.39, 0.29) is 17.7 Å². The first-order chi connectivity index (χ1) is 14.2. The van der Waals surface area contributed by atoms with Crippen LogP contribution in [0.5, 0.6) is 0 Å². The third kappa shape index (κ3) is 4.54. The van der Waals surface area contributed by atoms with Crippen molar-refractivity contribution in [3.05, 3.63) is 78.4 Å². The molecule has 1 saturated heterocycles. The topological polar surface area (TPSA) is 78.1 Å². The van der Waals surface area contributed by atoms with Crippen molar-refractivity contribution in [2.24, 2.45) is 5.92 Å². The van der Waals surface area contributed by atoms with Crippen LogP contribution in [0.2, 0.25) is 0 Å². The van der Waals surface area contributed by atoms with Crippen molar-refractivity contribution >= 4 is 11.8 Å². The normalized spacial score (nSPS) is 16.4. The highest BCUT2D eigenvalue weighted by atomic mass is 16.2. The predicted octanol–water partition coefficient (Wildman–Crippen LogP) is 3.36. The molecule has 2 N–H and O–H groups in total. The van der Waals surface area contributed by atoms with Crippen LogP contribution in [-0.2, 0) is 0 Å². The number of benzene rings is 2. The summed E-state index contributed by atoms with van der Waals surface area (Å²) < 4.78 is 0. The van der Waals surface area contributed by atoms with E-state index >= 15 is 0 Å². The molecule has 2 aromatic carbocycles. The lowest BCUT2D eigenvalue weighted by molar-refractivity contribution is 0.0665. The number of aromatic nitrogens is 2. The molecule has 1 aromatic heterocycles. The Hall–Kier alpha value is -3.41.